The summed E-state index contributed by atoms with van der Waals surface area (Å²) >= 11 is 0. The van der Waals surface area contributed by atoms with Gasteiger partial charge in [0.1, 0.15) is 6.17 Å². The van der Waals surface area contributed by atoms with Gasteiger partial charge in [-0.3, -0.25) is 20.2 Å². The Bertz CT molecular complexity index is 583. The zero-order chi connectivity index (χ0) is 15.1. The van der Waals surface area contributed by atoms with Crippen molar-refractivity contribution in [3.63, 3.8) is 0 Å². The quantitative estimate of drug-likeness (QED) is 0.684. The van der Waals surface area contributed by atoms with Crippen molar-refractivity contribution in [2.24, 2.45) is 5.92 Å². The number of nitrogens with one attached hydrogen (secondary N) is 1. The monoisotopic (exact) mass is 289 g/mol. The predicted molar refractivity (Wildman–Crippen MR) is 77.5 cm³/mol. The molecule has 3 rings (SSSR count). The number of nitro benzene ring substituents is 1. The maximum absolute atomic E-state index is 12.4. The van der Waals surface area contributed by atoms with E-state index in [2.05, 4.69) is 12.2 Å². The molecule has 1 amide bonds. The number of nitrogens with zero attached hydrogens (tertiary/aromatic N) is 2. The van der Waals surface area contributed by atoms with Crippen LogP contribution >= 0.6 is 0 Å². The largest absolute Gasteiger partial charge is 0.319 e. The van der Waals surface area contributed by atoms with Gasteiger partial charge in [0.05, 0.1) is 11.0 Å². The summed E-state index contributed by atoms with van der Waals surface area (Å²) in [4.78, 5) is 24.8. The van der Waals surface area contributed by atoms with Gasteiger partial charge in [-0.2, -0.15) is 0 Å². The third-order valence-corrected chi connectivity index (χ3v) is 4.45. The lowest BCUT2D eigenvalue weighted by atomic mass is 9.80. The fraction of sp³-hybridized carbons (Fsp3) is 0.533. The third-order valence-electron chi connectivity index (χ3n) is 4.45. The van der Waals surface area contributed by atoms with Crippen molar-refractivity contribution < 1.29 is 9.72 Å². The molecule has 2 atom stereocenters. The third kappa shape index (κ3) is 2.40. The summed E-state index contributed by atoms with van der Waals surface area (Å²) in [6.07, 6.45) is 1.75. The highest BCUT2D eigenvalue weighted by atomic mass is 16.6. The van der Waals surface area contributed by atoms with Gasteiger partial charge < -0.3 is 4.90 Å². The molecule has 0 radical (unpaired) electrons. The molecule has 1 aromatic carbocycles. The minimum absolute atomic E-state index is 0.0585. The second-order valence-electron chi connectivity index (χ2n) is 6.12. The molecule has 21 heavy (non-hydrogen) atoms. The first-order valence-electron chi connectivity index (χ1n) is 7.30. The van der Waals surface area contributed by atoms with Crippen molar-refractivity contribution in [3.05, 3.63) is 39.9 Å². The lowest BCUT2D eigenvalue weighted by Gasteiger charge is -2.42. The second kappa shape index (κ2) is 5.11. The average molecular weight is 289 g/mol. The molecule has 1 aliphatic carbocycles. The summed E-state index contributed by atoms with van der Waals surface area (Å²) in [6, 6.07) is 6.53. The van der Waals surface area contributed by atoms with Crippen LogP contribution in [0, 0.1) is 16.0 Å². The number of carbonyl (C=O) groups excluding carboxylic acids is 1. The van der Waals surface area contributed by atoms with Gasteiger partial charge in [0.2, 0.25) is 5.91 Å². The molecule has 0 aromatic heterocycles. The molecule has 1 aromatic rings. The fourth-order valence-corrected chi connectivity index (χ4v) is 3.28. The van der Waals surface area contributed by atoms with Gasteiger partial charge in [0.25, 0.3) is 5.69 Å². The molecule has 6 nitrogen and oxygen atoms in total. The maximum Gasteiger partial charge on any atom is 0.269 e. The Morgan fingerprint density at radius 1 is 1.33 bits per heavy atom. The highest BCUT2D eigenvalue weighted by Gasteiger charge is 2.44. The first kappa shape index (κ1) is 14.0. The standard InChI is InChI=1S/C15H19N3O3/c1-9-6-13(7-9)17-14(16-10(2)15(17)19)11-4-3-5-12(8-11)18(20)21/h3-5,8-10,13-14,16H,6-7H2,1-2H3. The number of nitro groups is 1. The van der Waals surface area contributed by atoms with Crippen LogP contribution in [0.5, 0.6) is 0 Å². The van der Waals surface area contributed by atoms with Gasteiger partial charge in [-0.25, -0.2) is 0 Å². The lowest BCUT2D eigenvalue weighted by molar-refractivity contribution is -0.385. The summed E-state index contributed by atoms with van der Waals surface area (Å²) in [6.45, 7) is 4.02. The molecule has 6 heteroatoms. The number of benzene rings is 1. The molecule has 1 heterocycles. The van der Waals surface area contributed by atoms with Gasteiger partial charge in [-0.1, -0.05) is 19.1 Å². The summed E-state index contributed by atoms with van der Waals surface area (Å²) < 4.78 is 0. The van der Waals surface area contributed by atoms with Crippen LogP contribution in [0.15, 0.2) is 24.3 Å². The highest BCUT2D eigenvalue weighted by molar-refractivity contribution is 5.84. The molecule has 2 aliphatic rings. The van der Waals surface area contributed by atoms with Crippen LogP contribution in [-0.2, 0) is 4.79 Å². The van der Waals surface area contributed by atoms with Crippen LogP contribution in [0.3, 0.4) is 0 Å². The van der Waals surface area contributed by atoms with Crippen molar-refractivity contribution in [2.45, 2.75) is 44.9 Å². The predicted octanol–water partition coefficient (Wildman–Crippen LogP) is 2.21. The number of hydrogen-bond donors (Lipinski definition) is 1. The normalized spacial score (nSPS) is 32.1. The van der Waals surface area contributed by atoms with E-state index in [-0.39, 0.29) is 29.8 Å². The van der Waals surface area contributed by atoms with E-state index in [1.165, 1.54) is 6.07 Å². The molecule has 1 saturated heterocycles. The van der Waals surface area contributed by atoms with Crippen molar-refractivity contribution in [3.8, 4) is 0 Å². The lowest BCUT2D eigenvalue weighted by Crippen LogP contribution is -2.46. The minimum atomic E-state index is -0.403. The van der Waals surface area contributed by atoms with Gasteiger partial charge >= 0.3 is 0 Å². The first-order chi connectivity index (χ1) is 9.97. The number of hydrogen-bond acceptors (Lipinski definition) is 4. The summed E-state index contributed by atoms with van der Waals surface area (Å²) in [5.74, 6) is 0.730. The van der Waals surface area contributed by atoms with E-state index in [9.17, 15) is 14.9 Å². The first-order valence-corrected chi connectivity index (χ1v) is 7.30. The molecule has 112 valence electrons. The molecule has 0 bridgehead atoms. The summed E-state index contributed by atoms with van der Waals surface area (Å²) in [5.41, 5.74) is 0.838. The van der Waals surface area contributed by atoms with E-state index < -0.39 is 4.92 Å². The molecule has 2 unspecified atom stereocenters. The molecule has 0 spiro atoms. The number of non-ortho nitro benzene ring substituents is 1. The second-order valence-corrected chi connectivity index (χ2v) is 6.12. The molecule has 1 N–H and O–H groups in total. The van der Waals surface area contributed by atoms with Gasteiger partial charge in [-0.15, -0.1) is 0 Å². The number of rotatable bonds is 3. The van der Waals surface area contributed by atoms with E-state index >= 15 is 0 Å². The van der Waals surface area contributed by atoms with E-state index in [0.29, 0.717) is 5.92 Å². The van der Waals surface area contributed by atoms with Gasteiger partial charge in [0, 0.05) is 18.2 Å². The molecular formula is C15H19N3O3. The van der Waals surface area contributed by atoms with E-state index in [0.717, 1.165) is 18.4 Å². The van der Waals surface area contributed by atoms with E-state index in [1.54, 1.807) is 12.1 Å². The Morgan fingerprint density at radius 2 is 2.05 bits per heavy atom. The highest BCUT2D eigenvalue weighted by Crippen LogP contribution is 2.38. The van der Waals surface area contributed by atoms with Crippen LogP contribution < -0.4 is 5.32 Å². The summed E-state index contributed by atoms with van der Waals surface area (Å²) in [7, 11) is 0. The Hall–Kier alpha value is -1.95. The fourth-order valence-electron chi connectivity index (χ4n) is 3.28. The Labute approximate surface area is 123 Å². The Kier molecular flexibility index (Phi) is 3.41. The summed E-state index contributed by atoms with van der Waals surface area (Å²) in [5, 5.41) is 14.2. The van der Waals surface area contributed by atoms with Crippen molar-refractivity contribution in [1.29, 1.82) is 0 Å². The van der Waals surface area contributed by atoms with E-state index in [4.69, 9.17) is 0 Å². The van der Waals surface area contributed by atoms with Crippen molar-refractivity contribution in [2.75, 3.05) is 0 Å². The Balaban J connectivity index is 1.90. The van der Waals surface area contributed by atoms with E-state index in [1.807, 2.05) is 17.9 Å². The SMILES string of the molecule is CC1CC(N2C(=O)C(C)NC2c2cccc([N+](=O)[O-])c2)C1. The number of carbonyl (C=O) groups is 1. The van der Waals surface area contributed by atoms with Crippen LogP contribution in [0.1, 0.15) is 38.4 Å². The Morgan fingerprint density at radius 3 is 2.67 bits per heavy atom. The minimum Gasteiger partial charge on any atom is -0.319 e. The smallest absolute Gasteiger partial charge is 0.269 e. The molecule has 1 saturated carbocycles. The van der Waals surface area contributed by atoms with Crippen LogP contribution in [0.4, 0.5) is 5.69 Å². The zero-order valence-corrected chi connectivity index (χ0v) is 12.2. The zero-order valence-electron chi connectivity index (χ0n) is 12.2. The van der Waals surface area contributed by atoms with Crippen LogP contribution in [0.2, 0.25) is 0 Å². The average Bonchev–Trinajstić information content (AvgIpc) is 2.72. The molecule has 2 fully saturated rings. The number of amides is 1. The van der Waals surface area contributed by atoms with Crippen LogP contribution in [-0.4, -0.2) is 27.8 Å². The molecular weight excluding hydrogens is 270 g/mol. The van der Waals surface area contributed by atoms with Crippen molar-refractivity contribution >= 4 is 11.6 Å². The maximum atomic E-state index is 12.4. The van der Waals surface area contributed by atoms with Crippen molar-refractivity contribution in [1.82, 2.24) is 10.2 Å². The molecule has 1 aliphatic heterocycles. The topological polar surface area (TPSA) is 75.5 Å². The van der Waals surface area contributed by atoms with Gasteiger partial charge in [0.15, 0.2) is 0 Å². The van der Waals surface area contributed by atoms with Crippen LogP contribution in [0.25, 0.3) is 0 Å². The van der Waals surface area contributed by atoms with Gasteiger partial charge in [-0.05, 0) is 31.2 Å².